The lowest BCUT2D eigenvalue weighted by molar-refractivity contribution is -0.889. The Kier molecular flexibility index (Phi) is 9.97. The quantitative estimate of drug-likeness (QED) is 0.291. The fourth-order valence-electron chi connectivity index (χ4n) is 1.87. The summed E-state index contributed by atoms with van der Waals surface area (Å²) >= 11 is 0. The average molecular weight is 319 g/mol. The first kappa shape index (κ1) is 20.8. The number of carbonyl (C=O) groups excluding carboxylic acids is 2. The minimum Gasteiger partial charge on any atom is -0.544 e. The van der Waals surface area contributed by atoms with Crippen molar-refractivity contribution in [1.82, 2.24) is 0 Å². The normalized spacial score (nSPS) is 14.4. The van der Waals surface area contributed by atoms with E-state index in [1.165, 1.54) is 0 Å². The first-order valence-corrected chi connectivity index (χ1v) is 7.61. The van der Waals surface area contributed by atoms with Crippen molar-refractivity contribution in [2.75, 3.05) is 41.0 Å². The molecule has 0 aliphatic carbocycles. The van der Waals surface area contributed by atoms with Crippen LogP contribution in [0.5, 0.6) is 0 Å². The van der Waals surface area contributed by atoms with Crippen LogP contribution in [0.25, 0.3) is 0 Å². The van der Waals surface area contributed by atoms with Crippen molar-refractivity contribution in [3.8, 4) is 0 Å². The molecule has 0 spiro atoms. The summed E-state index contributed by atoms with van der Waals surface area (Å²) in [6.07, 6.45) is 1.40. The molecule has 7 nitrogen and oxygen atoms in total. The van der Waals surface area contributed by atoms with Crippen molar-refractivity contribution in [1.29, 1.82) is 0 Å². The summed E-state index contributed by atoms with van der Waals surface area (Å²) in [6, 6.07) is -0.677. The van der Waals surface area contributed by atoms with E-state index < -0.39 is 18.1 Å². The second-order valence-corrected chi connectivity index (χ2v) is 6.26. The Morgan fingerprint density at radius 1 is 1.23 bits per heavy atom. The zero-order chi connectivity index (χ0) is 17.2. The first-order valence-electron chi connectivity index (χ1n) is 7.61. The molecule has 0 aromatic heterocycles. The molecular weight excluding hydrogens is 290 g/mol. The van der Waals surface area contributed by atoms with E-state index in [4.69, 9.17) is 9.47 Å². The molecule has 0 aromatic carbocycles. The highest BCUT2D eigenvalue weighted by Crippen LogP contribution is 2.07. The predicted octanol–water partition coefficient (Wildman–Crippen LogP) is -0.688. The van der Waals surface area contributed by atoms with Gasteiger partial charge in [-0.3, -0.25) is 4.79 Å². The molecule has 0 aromatic rings. The zero-order valence-electron chi connectivity index (χ0n) is 14.0. The molecule has 130 valence electrons. The molecule has 2 unspecified atom stereocenters. The van der Waals surface area contributed by atoms with E-state index in [1.54, 1.807) is 21.1 Å². The summed E-state index contributed by atoms with van der Waals surface area (Å²) in [7, 11) is 5.31. The molecule has 0 saturated heterocycles. The second kappa shape index (κ2) is 10.5. The molecule has 0 heterocycles. The molecule has 0 radical (unpaired) electrons. The summed E-state index contributed by atoms with van der Waals surface area (Å²) in [4.78, 5) is 22.3. The van der Waals surface area contributed by atoms with Gasteiger partial charge in [0.15, 0.2) is 0 Å². The number of nitrogens with zero attached hydrogens (tertiary/aromatic N) is 1. The van der Waals surface area contributed by atoms with E-state index >= 15 is 0 Å². The van der Waals surface area contributed by atoms with Gasteiger partial charge < -0.3 is 29.0 Å². The van der Waals surface area contributed by atoms with Gasteiger partial charge in [0.25, 0.3) is 0 Å². The number of aliphatic carboxylic acids is 1. The number of hydrogen-bond donors (Lipinski definition) is 1. The maximum Gasteiger partial charge on any atom is 0.305 e. The molecule has 0 fully saturated rings. The Balaban J connectivity index is 3.86. The molecule has 22 heavy (non-hydrogen) atoms. The number of unbranched alkanes of at least 4 members (excludes halogenated alkanes) is 1. The highest BCUT2D eigenvalue weighted by atomic mass is 16.5. The first-order chi connectivity index (χ1) is 10.2. The molecule has 0 bridgehead atoms. The number of quaternary nitrogens is 1. The van der Waals surface area contributed by atoms with Gasteiger partial charge in [-0.1, -0.05) is 13.3 Å². The van der Waals surface area contributed by atoms with Crippen LogP contribution in [-0.4, -0.2) is 74.6 Å². The van der Waals surface area contributed by atoms with E-state index in [0.717, 1.165) is 12.8 Å². The molecule has 0 aliphatic rings. The number of carbonyl (C=O) groups is 2. The molecule has 0 amide bonds. The number of hydrogen-bond acceptors (Lipinski definition) is 6. The van der Waals surface area contributed by atoms with Gasteiger partial charge in [-0.2, -0.15) is 0 Å². The fourth-order valence-corrected chi connectivity index (χ4v) is 1.87. The third kappa shape index (κ3) is 9.70. The monoisotopic (exact) mass is 319 g/mol. The SMILES string of the molecule is CCCCC(=O)OCC(O)COCCC(C(=O)[O-])[N+](C)(C)C. The van der Waals surface area contributed by atoms with Crippen LogP contribution in [-0.2, 0) is 19.1 Å². The van der Waals surface area contributed by atoms with Crippen LogP contribution in [0, 0.1) is 0 Å². The Labute approximate surface area is 132 Å². The van der Waals surface area contributed by atoms with E-state index in [0.29, 0.717) is 6.42 Å². The lowest BCUT2D eigenvalue weighted by Gasteiger charge is -2.34. The van der Waals surface area contributed by atoms with Crippen LogP contribution in [0.4, 0.5) is 0 Å². The van der Waals surface area contributed by atoms with Crippen LogP contribution in [0.3, 0.4) is 0 Å². The van der Waals surface area contributed by atoms with E-state index in [2.05, 4.69) is 0 Å². The molecule has 0 aliphatic heterocycles. The van der Waals surface area contributed by atoms with Crippen molar-refractivity contribution in [3.63, 3.8) is 0 Å². The predicted molar refractivity (Wildman–Crippen MR) is 78.8 cm³/mol. The van der Waals surface area contributed by atoms with Gasteiger partial charge in [-0.05, 0) is 6.42 Å². The Morgan fingerprint density at radius 3 is 2.36 bits per heavy atom. The highest BCUT2D eigenvalue weighted by Gasteiger charge is 2.24. The Bertz CT molecular complexity index is 339. The van der Waals surface area contributed by atoms with Crippen molar-refractivity contribution < 1.29 is 33.8 Å². The molecule has 0 rings (SSSR count). The Morgan fingerprint density at radius 2 is 1.86 bits per heavy atom. The molecule has 7 heteroatoms. The van der Waals surface area contributed by atoms with Crippen molar-refractivity contribution >= 4 is 11.9 Å². The zero-order valence-corrected chi connectivity index (χ0v) is 14.0. The fraction of sp³-hybridized carbons (Fsp3) is 0.867. The number of aliphatic hydroxyl groups excluding tert-OH is 1. The van der Waals surface area contributed by atoms with Crippen molar-refractivity contribution in [2.24, 2.45) is 0 Å². The summed E-state index contributed by atoms with van der Waals surface area (Å²) in [6.45, 7) is 2.06. The average Bonchev–Trinajstić information content (AvgIpc) is 2.40. The standard InChI is InChI=1S/C15H29NO6/c1-5-6-7-14(18)22-11-12(17)10-21-9-8-13(15(19)20)16(2,3)4/h12-13,17H,5-11H2,1-4H3. The minimum absolute atomic E-state index is 0.00202. The van der Waals surface area contributed by atoms with Gasteiger partial charge in [0.1, 0.15) is 18.8 Å². The molecule has 2 atom stereocenters. The second-order valence-electron chi connectivity index (χ2n) is 6.26. The summed E-state index contributed by atoms with van der Waals surface area (Å²) in [5.41, 5.74) is 0. The minimum atomic E-state index is -1.12. The van der Waals surface area contributed by atoms with Gasteiger partial charge in [-0.25, -0.2) is 0 Å². The van der Waals surface area contributed by atoms with E-state index in [1.807, 2.05) is 6.92 Å². The maximum absolute atomic E-state index is 11.3. The third-order valence-electron chi connectivity index (χ3n) is 3.22. The van der Waals surface area contributed by atoms with E-state index in [9.17, 15) is 19.8 Å². The topological polar surface area (TPSA) is 95.9 Å². The number of esters is 1. The number of carboxylic acid groups (broad SMARTS) is 1. The Hall–Kier alpha value is -1.18. The number of aliphatic hydroxyl groups is 1. The maximum atomic E-state index is 11.3. The molecule has 1 N–H and O–H groups in total. The summed E-state index contributed by atoms with van der Waals surface area (Å²) < 4.78 is 10.4. The third-order valence-corrected chi connectivity index (χ3v) is 3.22. The van der Waals surface area contributed by atoms with Gasteiger partial charge in [0.2, 0.25) is 0 Å². The number of ether oxygens (including phenoxy) is 2. The van der Waals surface area contributed by atoms with Crippen molar-refractivity contribution in [3.05, 3.63) is 0 Å². The van der Waals surface area contributed by atoms with E-state index in [-0.39, 0.29) is 36.7 Å². The largest absolute Gasteiger partial charge is 0.544 e. The van der Waals surface area contributed by atoms with Crippen molar-refractivity contribution in [2.45, 2.75) is 44.8 Å². The lowest BCUT2D eigenvalue weighted by Crippen LogP contribution is -2.55. The smallest absolute Gasteiger partial charge is 0.305 e. The van der Waals surface area contributed by atoms with Crippen LogP contribution in [0.1, 0.15) is 32.6 Å². The van der Waals surface area contributed by atoms with Gasteiger partial charge in [0.05, 0.1) is 40.3 Å². The number of rotatable bonds is 12. The van der Waals surface area contributed by atoms with Gasteiger partial charge >= 0.3 is 5.97 Å². The highest BCUT2D eigenvalue weighted by molar-refractivity contribution is 5.69. The molecule has 0 saturated carbocycles. The number of likely N-dealkylation sites (N-methyl/N-ethyl adjacent to an activating group) is 1. The van der Waals surface area contributed by atoms with Gasteiger partial charge in [-0.15, -0.1) is 0 Å². The van der Waals surface area contributed by atoms with Crippen LogP contribution in [0.2, 0.25) is 0 Å². The van der Waals surface area contributed by atoms with Crippen LogP contribution >= 0.6 is 0 Å². The summed E-state index contributed by atoms with van der Waals surface area (Å²) in [5, 5.41) is 20.7. The molecular formula is C15H29NO6. The van der Waals surface area contributed by atoms with Gasteiger partial charge in [0, 0.05) is 12.8 Å². The lowest BCUT2D eigenvalue weighted by atomic mass is 10.1. The van der Waals surface area contributed by atoms with Crippen LogP contribution in [0.15, 0.2) is 0 Å². The number of carboxylic acids is 1. The van der Waals surface area contributed by atoms with Crippen LogP contribution < -0.4 is 5.11 Å². The summed E-state index contributed by atoms with van der Waals surface area (Å²) in [5.74, 6) is -1.45.